The lowest BCUT2D eigenvalue weighted by Crippen LogP contribution is -2.47. The van der Waals surface area contributed by atoms with Crippen LogP contribution in [0.25, 0.3) is 0 Å². The molecule has 2 aromatic heterocycles. The molecule has 1 N–H and O–H groups in total. The molecule has 1 aliphatic rings. The normalized spacial score (nSPS) is 14.1. The number of nitrogens with one attached hydrogen (secondary N) is 1. The van der Waals surface area contributed by atoms with E-state index in [1.807, 2.05) is 25.3 Å². The van der Waals surface area contributed by atoms with Gasteiger partial charge in [0.2, 0.25) is 5.95 Å². The van der Waals surface area contributed by atoms with Crippen molar-refractivity contribution in [1.29, 1.82) is 0 Å². The van der Waals surface area contributed by atoms with Crippen LogP contribution in [-0.2, 0) is 6.42 Å². The molecule has 3 heterocycles. The average Bonchev–Trinajstić information content (AvgIpc) is 2.78. The van der Waals surface area contributed by atoms with Crippen molar-refractivity contribution in [3.05, 3.63) is 72.1 Å². The minimum atomic E-state index is 0.722. The summed E-state index contributed by atoms with van der Waals surface area (Å²) in [6, 6.07) is 18.7. The minimum absolute atomic E-state index is 0.722. The summed E-state index contributed by atoms with van der Waals surface area (Å²) in [6.07, 6.45) is 3.96. The van der Waals surface area contributed by atoms with Gasteiger partial charge in [-0.3, -0.25) is 0 Å². The number of anilines is 3. The zero-order valence-corrected chi connectivity index (χ0v) is 17.0. The van der Waals surface area contributed by atoms with Crippen molar-refractivity contribution < 1.29 is 0 Å². The number of hydrogen-bond acceptors (Lipinski definition) is 6. The van der Waals surface area contributed by atoms with Crippen molar-refractivity contribution in [2.75, 3.05) is 47.8 Å². The van der Waals surface area contributed by atoms with Gasteiger partial charge in [0.15, 0.2) is 0 Å². The second-order valence-electron chi connectivity index (χ2n) is 7.37. The summed E-state index contributed by atoms with van der Waals surface area (Å²) < 4.78 is 0. The van der Waals surface area contributed by atoms with Gasteiger partial charge < -0.3 is 15.1 Å². The van der Waals surface area contributed by atoms with E-state index in [0.29, 0.717) is 0 Å². The molecule has 29 heavy (non-hydrogen) atoms. The van der Waals surface area contributed by atoms with Gasteiger partial charge in [-0.15, -0.1) is 0 Å². The Bertz CT molecular complexity index is 892. The molecule has 1 aromatic carbocycles. The number of hydrogen-bond donors (Lipinski definition) is 1. The Labute approximate surface area is 172 Å². The molecule has 3 aromatic rings. The van der Waals surface area contributed by atoms with Crippen LogP contribution < -0.4 is 15.1 Å². The summed E-state index contributed by atoms with van der Waals surface area (Å²) in [4.78, 5) is 18.5. The van der Waals surface area contributed by atoms with Gasteiger partial charge in [0, 0.05) is 50.7 Å². The van der Waals surface area contributed by atoms with Crippen molar-refractivity contribution in [3.63, 3.8) is 0 Å². The van der Waals surface area contributed by atoms with Crippen molar-refractivity contribution >= 4 is 17.6 Å². The standard InChI is InChI=1S/C23H28N6/c1-19-18-22(29-16-14-28(15-17-29)21-11-5-6-12-24-21)27-23(26-19)25-13-7-10-20-8-3-2-4-9-20/h2-6,8-9,11-12,18H,7,10,13-17H2,1H3,(H,25,26,27). The molecule has 0 radical (unpaired) electrons. The molecule has 0 atom stereocenters. The predicted octanol–water partition coefficient (Wildman–Crippen LogP) is 3.55. The number of pyridine rings is 1. The predicted molar refractivity (Wildman–Crippen MR) is 119 cm³/mol. The third-order valence-electron chi connectivity index (χ3n) is 5.19. The second kappa shape index (κ2) is 9.37. The maximum absolute atomic E-state index is 4.77. The van der Waals surface area contributed by atoms with E-state index in [4.69, 9.17) is 4.98 Å². The van der Waals surface area contributed by atoms with E-state index >= 15 is 0 Å². The van der Waals surface area contributed by atoms with Crippen LogP contribution in [0, 0.1) is 6.92 Å². The molecule has 0 amide bonds. The lowest BCUT2D eigenvalue weighted by atomic mass is 10.1. The maximum Gasteiger partial charge on any atom is 0.224 e. The van der Waals surface area contributed by atoms with Crippen LogP contribution in [0.5, 0.6) is 0 Å². The van der Waals surface area contributed by atoms with Crippen LogP contribution >= 0.6 is 0 Å². The molecule has 0 spiro atoms. The average molecular weight is 389 g/mol. The molecule has 1 saturated heterocycles. The summed E-state index contributed by atoms with van der Waals surface area (Å²) in [5, 5.41) is 3.40. The highest BCUT2D eigenvalue weighted by Crippen LogP contribution is 2.19. The Kier molecular flexibility index (Phi) is 6.19. The zero-order valence-electron chi connectivity index (χ0n) is 17.0. The van der Waals surface area contributed by atoms with E-state index in [9.17, 15) is 0 Å². The lowest BCUT2D eigenvalue weighted by Gasteiger charge is -2.36. The topological polar surface area (TPSA) is 57.2 Å². The van der Waals surface area contributed by atoms with E-state index in [1.54, 1.807) is 0 Å². The Morgan fingerprint density at radius 3 is 2.31 bits per heavy atom. The molecule has 0 saturated carbocycles. The highest BCUT2D eigenvalue weighted by molar-refractivity contribution is 5.48. The minimum Gasteiger partial charge on any atom is -0.354 e. The fourth-order valence-corrected chi connectivity index (χ4v) is 3.64. The number of aryl methyl sites for hydroxylation is 2. The molecule has 1 aliphatic heterocycles. The second-order valence-corrected chi connectivity index (χ2v) is 7.37. The first kappa shape index (κ1) is 19.2. The summed E-state index contributed by atoms with van der Waals surface area (Å²) in [7, 11) is 0. The van der Waals surface area contributed by atoms with Gasteiger partial charge >= 0.3 is 0 Å². The zero-order chi connectivity index (χ0) is 19.9. The highest BCUT2D eigenvalue weighted by Gasteiger charge is 2.19. The molecule has 0 unspecified atom stereocenters. The van der Waals surface area contributed by atoms with Crippen molar-refractivity contribution in [1.82, 2.24) is 15.0 Å². The Balaban J connectivity index is 1.31. The van der Waals surface area contributed by atoms with Crippen LogP contribution in [0.1, 0.15) is 17.7 Å². The van der Waals surface area contributed by atoms with Gasteiger partial charge in [-0.25, -0.2) is 9.97 Å². The van der Waals surface area contributed by atoms with Crippen LogP contribution in [0.4, 0.5) is 17.6 Å². The molecule has 6 nitrogen and oxygen atoms in total. The van der Waals surface area contributed by atoms with E-state index in [2.05, 4.69) is 67.5 Å². The molecular weight excluding hydrogens is 360 g/mol. The number of rotatable bonds is 7. The quantitative estimate of drug-likeness (QED) is 0.625. The number of aromatic nitrogens is 3. The molecule has 1 fully saturated rings. The van der Waals surface area contributed by atoms with E-state index in [-0.39, 0.29) is 0 Å². The number of nitrogens with zero attached hydrogens (tertiary/aromatic N) is 5. The smallest absolute Gasteiger partial charge is 0.224 e. The van der Waals surface area contributed by atoms with Crippen LogP contribution in [0.2, 0.25) is 0 Å². The molecular formula is C23H28N6. The Morgan fingerprint density at radius 2 is 1.59 bits per heavy atom. The van der Waals surface area contributed by atoms with Gasteiger partial charge in [0.1, 0.15) is 11.6 Å². The van der Waals surface area contributed by atoms with Gasteiger partial charge in [-0.2, -0.15) is 4.98 Å². The van der Waals surface area contributed by atoms with Crippen molar-refractivity contribution in [3.8, 4) is 0 Å². The summed E-state index contributed by atoms with van der Waals surface area (Å²) in [6.45, 7) is 6.65. The third-order valence-corrected chi connectivity index (χ3v) is 5.19. The van der Waals surface area contributed by atoms with Gasteiger partial charge in [0.05, 0.1) is 0 Å². The highest BCUT2D eigenvalue weighted by atomic mass is 15.3. The summed E-state index contributed by atoms with van der Waals surface area (Å²) in [5.41, 5.74) is 2.36. The lowest BCUT2D eigenvalue weighted by molar-refractivity contribution is 0.641. The Morgan fingerprint density at radius 1 is 0.862 bits per heavy atom. The molecule has 4 rings (SSSR count). The van der Waals surface area contributed by atoms with E-state index in [1.165, 1.54) is 5.56 Å². The van der Waals surface area contributed by atoms with Gasteiger partial charge in [0.25, 0.3) is 0 Å². The summed E-state index contributed by atoms with van der Waals surface area (Å²) in [5.74, 6) is 2.77. The van der Waals surface area contributed by atoms with Crippen LogP contribution in [0.15, 0.2) is 60.8 Å². The van der Waals surface area contributed by atoms with Crippen LogP contribution in [-0.4, -0.2) is 47.7 Å². The number of piperazine rings is 1. The first-order valence-corrected chi connectivity index (χ1v) is 10.3. The molecule has 0 aliphatic carbocycles. The third kappa shape index (κ3) is 5.22. The molecule has 0 bridgehead atoms. The van der Waals surface area contributed by atoms with Gasteiger partial charge in [-0.1, -0.05) is 36.4 Å². The van der Waals surface area contributed by atoms with Crippen molar-refractivity contribution in [2.45, 2.75) is 19.8 Å². The monoisotopic (exact) mass is 388 g/mol. The van der Waals surface area contributed by atoms with Gasteiger partial charge in [-0.05, 0) is 37.5 Å². The van der Waals surface area contributed by atoms with Crippen molar-refractivity contribution in [2.24, 2.45) is 0 Å². The largest absolute Gasteiger partial charge is 0.354 e. The SMILES string of the molecule is Cc1cc(N2CCN(c3ccccn3)CC2)nc(NCCCc2ccccc2)n1. The summed E-state index contributed by atoms with van der Waals surface area (Å²) >= 11 is 0. The van der Waals surface area contributed by atoms with E-state index < -0.39 is 0 Å². The first-order valence-electron chi connectivity index (χ1n) is 10.3. The first-order chi connectivity index (χ1) is 14.3. The van der Waals surface area contributed by atoms with Crippen LogP contribution in [0.3, 0.4) is 0 Å². The van der Waals surface area contributed by atoms with E-state index in [0.717, 1.165) is 68.8 Å². The molecule has 6 heteroatoms. The molecule has 150 valence electrons. The fraction of sp³-hybridized carbons (Fsp3) is 0.348. The Hall–Kier alpha value is -3.15. The number of benzene rings is 1. The maximum atomic E-state index is 4.77. The fourth-order valence-electron chi connectivity index (χ4n) is 3.64.